The first-order valence-electron chi connectivity index (χ1n) is 9.95. The molecule has 0 amide bonds. The zero-order chi connectivity index (χ0) is 20.3. The number of alkyl halides is 3. The Labute approximate surface area is 164 Å². The second-order valence-corrected chi connectivity index (χ2v) is 10.1. The fourth-order valence-electron chi connectivity index (χ4n) is 5.30. The molecule has 28 heavy (non-hydrogen) atoms. The third-order valence-corrected chi connectivity index (χ3v) is 8.10. The van der Waals surface area contributed by atoms with Crippen LogP contribution >= 0.6 is 0 Å². The highest BCUT2D eigenvalue weighted by Crippen LogP contribution is 2.52. The monoisotopic (exact) mass is 417 g/mol. The van der Waals surface area contributed by atoms with Gasteiger partial charge in [-0.2, -0.15) is 21.6 Å². The highest BCUT2D eigenvalue weighted by atomic mass is 32.2. The lowest BCUT2D eigenvalue weighted by Gasteiger charge is -2.56. The number of nitrogens with zero attached hydrogens (tertiary/aromatic N) is 1. The largest absolute Gasteiger partial charge is 0.534 e. The molecule has 1 aromatic rings. The second kappa shape index (κ2) is 6.62. The molecule has 3 atom stereocenters. The molecule has 1 aromatic carbocycles. The first kappa shape index (κ1) is 20.0. The van der Waals surface area contributed by atoms with Gasteiger partial charge >= 0.3 is 15.6 Å². The van der Waals surface area contributed by atoms with Crippen LogP contribution in [0.25, 0.3) is 0 Å². The maximum atomic E-state index is 12.7. The summed E-state index contributed by atoms with van der Waals surface area (Å²) in [5, 5.41) is 0. The van der Waals surface area contributed by atoms with Crippen LogP contribution in [0.3, 0.4) is 0 Å². The molecule has 2 bridgehead atoms. The predicted molar refractivity (Wildman–Crippen MR) is 99.6 cm³/mol. The Hall–Kier alpha value is -1.28. The van der Waals surface area contributed by atoms with Crippen molar-refractivity contribution in [2.45, 2.75) is 62.9 Å². The van der Waals surface area contributed by atoms with E-state index in [0.717, 1.165) is 49.4 Å². The van der Waals surface area contributed by atoms with Gasteiger partial charge in [-0.05, 0) is 73.7 Å². The summed E-state index contributed by atoms with van der Waals surface area (Å²) >= 11 is 0. The smallest absolute Gasteiger partial charge is 0.376 e. The molecule has 0 aromatic heterocycles. The van der Waals surface area contributed by atoms with Crippen LogP contribution in [0.2, 0.25) is 0 Å². The lowest BCUT2D eigenvalue weighted by molar-refractivity contribution is -0.0500. The summed E-state index contributed by atoms with van der Waals surface area (Å²) in [5.74, 6) is 0.910. The van der Waals surface area contributed by atoms with Gasteiger partial charge in [0.05, 0.1) is 0 Å². The number of rotatable bonds is 5. The number of benzene rings is 1. The van der Waals surface area contributed by atoms with Crippen LogP contribution in [-0.2, 0) is 22.0 Å². The zero-order valence-electron chi connectivity index (χ0n) is 16.1. The van der Waals surface area contributed by atoms with Crippen molar-refractivity contribution < 1.29 is 25.8 Å². The normalized spacial score (nSPS) is 30.8. The molecule has 1 saturated carbocycles. The lowest BCUT2D eigenvalue weighted by Crippen LogP contribution is -2.59. The van der Waals surface area contributed by atoms with Crippen LogP contribution in [0, 0.1) is 11.8 Å². The van der Waals surface area contributed by atoms with E-state index in [-0.39, 0.29) is 11.2 Å². The van der Waals surface area contributed by atoms with E-state index in [1.807, 2.05) is 0 Å². The summed E-state index contributed by atoms with van der Waals surface area (Å²) in [4.78, 5) is 2.59. The average molecular weight is 417 g/mol. The van der Waals surface area contributed by atoms with E-state index in [1.165, 1.54) is 25.0 Å². The third-order valence-electron chi connectivity index (χ3n) is 7.12. The fraction of sp³-hybridized carbons (Fsp3) is 0.700. The molecule has 1 aliphatic heterocycles. The van der Waals surface area contributed by atoms with Gasteiger partial charge in [-0.3, -0.25) is 4.90 Å². The minimum atomic E-state index is -5.66. The van der Waals surface area contributed by atoms with Crippen LogP contribution in [-0.4, -0.2) is 38.0 Å². The van der Waals surface area contributed by atoms with Crippen molar-refractivity contribution in [1.82, 2.24) is 4.90 Å². The van der Waals surface area contributed by atoms with Gasteiger partial charge in [-0.25, -0.2) is 0 Å². The molecule has 0 N–H and O–H groups in total. The van der Waals surface area contributed by atoms with E-state index < -0.39 is 15.6 Å². The van der Waals surface area contributed by atoms with Crippen molar-refractivity contribution in [3.63, 3.8) is 0 Å². The highest BCUT2D eigenvalue weighted by Gasteiger charge is 2.52. The van der Waals surface area contributed by atoms with Crippen LogP contribution in [0.1, 0.15) is 50.7 Å². The van der Waals surface area contributed by atoms with Crippen molar-refractivity contribution >= 4 is 10.1 Å². The molecule has 0 unspecified atom stereocenters. The van der Waals surface area contributed by atoms with Gasteiger partial charge in [0, 0.05) is 18.0 Å². The highest BCUT2D eigenvalue weighted by molar-refractivity contribution is 7.88. The van der Waals surface area contributed by atoms with Crippen molar-refractivity contribution in [1.29, 1.82) is 0 Å². The van der Waals surface area contributed by atoms with Gasteiger partial charge in [0.2, 0.25) is 0 Å². The Balaban J connectivity index is 1.68. The molecular weight excluding hydrogens is 391 g/mol. The Kier molecular flexibility index (Phi) is 4.73. The van der Waals surface area contributed by atoms with E-state index in [1.54, 1.807) is 6.07 Å². The fourth-order valence-corrected chi connectivity index (χ4v) is 5.75. The quantitative estimate of drug-likeness (QED) is 0.531. The van der Waals surface area contributed by atoms with Crippen LogP contribution in [0.4, 0.5) is 13.2 Å². The summed E-state index contributed by atoms with van der Waals surface area (Å²) in [6.07, 6.45) is 5.25. The number of fused-ring (bicyclic) bond motifs is 4. The molecule has 4 nitrogen and oxygen atoms in total. The van der Waals surface area contributed by atoms with Crippen LogP contribution in [0.5, 0.6) is 5.75 Å². The van der Waals surface area contributed by atoms with Gasteiger partial charge in [0.1, 0.15) is 5.75 Å². The number of halogens is 3. The van der Waals surface area contributed by atoms with E-state index >= 15 is 0 Å². The molecule has 0 radical (unpaired) electrons. The average Bonchev–Trinajstić information content (AvgIpc) is 3.41. The Morgan fingerprint density at radius 2 is 2.00 bits per heavy atom. The van der Waals surface area contributed by atoms with E-state index in [9.17, 15) is 21.6 Å². The van der Waals surface area contributed by atoms with Crippen molar-refractivity contribution in [2.75, 3.05) is 13.1 Å². The predicted octanol–water partition coefficient (Wildman–Crippen LogP) is 4.24. The lowest BCUT2D eigenvalue weighted by atomic mass is 9.57. The van der Waals surface area contributed by atoms with Crippen LogP contribution in [0.15, 0.2) is 18.2 Å². The zero-order valence-corrected chi connectivity index (χ0v) is 16.9. The Bertz CT molecular complexity index is 866. The summed E-state index contributed by atoms with van der Waals surface area (Å²) in [7, 11) is -5.66. The summed E-state index contributed by atoms with van der Waals surface area (Å²) in [5.41, 5.74) is -3.53. The number of hydrogen-bond acceptors (Lipinski definition) is 4. The molecule has 4 rings (SSSR count). The molecule has 0 spiro atoms. The summed E-state index contributed by atoms with van der Waals surface area (Å²) < 4.78 is 65.3. The first-order valence-corrected chi connectivity index (χ1v) is 11.4. The number of likely N-dealkylation sites (tertiary alicyclic amines) is 1. The van der Waals surface area contributed by atoms with Gasteiger partial charge in [-0.15, -0.1) is 0 Å². The third kappa shape index (κ3) is 3.22. The van der Waals surface area contributed by atoms with Crippen molar-refractivity contribution in [2.24, 2.45) is 11.8 Å². The minimum absolute atomic E-state index is 0.153. The molecule has 2 aliphatic carbocycles. The molecule has 3 aliphatic rings. The number of hydrogen-bond donors (Lipinski definition) is 0. The standard InChI is InChI=1S/C20H26F3NO3S/c1-3-19-8-9-24(12-14-4-5-14)18(13(19)2)10-15-6-7-16(11-17(15)19)27-28(25,26)20(21,22)23/h6-7,11,13-14,18H,3-5,8-10,12H2,1-2H3/t13-,18+,19+/m0/s1. The first-order chi connectivity index (χ1) is 13.1. The van der Waals surface area contributed by atoms with Crippen LogP contribution < -0.4 is 4.18 Å². The molecule has 8 heteroatoms. The van der Waals surface area contributed by atoms with E-state index in [0.29, 0.717) is 12.0 Å². The van der Waals surface area contributed by atoms with E-state index in [4.69, 9.17) is 0 Å². The molecule has 2 fully saturated rings. The maximum Gasteiger partial charge on any atom is 0.534 e. The maximum absolute atomic E-state index is 12.7. The van der Waals surface area contributed by atoms with Crippen molar-refractivity contribution in [3.05, 3.63) is 29.3 Å². The van der Waals surface area contributed by atoms with Gasteiger partial charge in [-0.1, -0.05) is 19.9 Å². The molecule has 156 valence electrons. The Morgan fingerprint density at radius 1 is 1.29 bits per heavy atom. The van der Waals surface area contributed by atoms with Gasteiger partial charge in [0.25, 0.3) is 0 Å². The minimum Gasteiger partial charge on any atom is -0.376 e. The Morgan fingerprint density at radius 3 is 2.61 bits per heavy atom. The molecule has 1 saturated heterocycles. The molecular formula is C20H26F3NO3S. The summed E-state index contributed by atoms with van der Waals surface area (Å²) in [6, 6.07) is 5.06. The summed E-state index contributed by atoms with van der Waals surface area (Å²) in [6.45, 7) is 6.45. The van der Waals surface area contributed by atoms with Gasteiger partial charge < -0.3 is 4.18 Å². The number of piperidine rings is 1. The van der Waals surface area contributed by atoms with Gasteiger partial charge in [0.15, 0.2) is 0 Å². The SMILES string of the molecule is CC[C@]12CCN(CC3CC3)[C@H](Cc3ccc(OS(=O)(=O)C(F)(F)F)cc31)[C@@H]2C. The topological polar surface area (TPSA) is 46.6 Å². The van der Waals surface area contributed by atoms with E-state index in [2.05, 4.69) is 22.9 Å². The molecule has 1 heterocycles. The second-order valence-electron chi connectivity index (χ2n) is 8.56. The van der Waals surface area contributed by atoms with Crippen molar-refractivity contribution in [3.8, 4) is 5.75 Å².